The van der Waals surface area contributed by atoms with Gasteiger partial charge in [0.05, 0.1) is 18.6 Å². The Kier molecular flexibility index (Phi) is 7.87. The first-order valence-electron chi connectivity index (χ1n) is 11.3. The molecule has 0 aromatic heterocycles. The number of hydrogen-bond donors (Lipinski definition) is 9. The van der Waals surface area contributed by atoms with Gasteiger partial charge in [0.15, 0.2) is 11.5 Å². The van der Waals surface area contributed by atoms with Gasteiger partial charge in [0.2, 0.25) is 12.6 Å². The first kappa shape index (κ1) is 26.8. The van der Waals surface area contributed by atoms with Crippen LogP contribution in [0, 0.1) is 6.92 Å². The molecule has 0 spiro atoms. The largest absolute Gasteiger partial charge is 0.504 e. The maximum atomic E-state index is 11.1. The Balaban J connectivity index is 1.68. The number of benzene rings is 2. The maximum absolute atomic E-state index is 11.1. The van der Waals surface area contributed by atoms with Gasteiger partial charge in [-0.2, -0.15) is 0 Å². The van der Waals surface area contributed by atoms with Gasteiger partial charge in [-0.05, 0) is 30.0 Å². The van der Waals surface area contributed by atoms with Gasteiger partial charge in [-0.15, -0.1) is 0 Å². The van der Waals surface area contributed by atoms with Crippen molar-refractivity contribution >= 4 is 10.8 Å². The molecule has 13 nitrogen and oxygen atoms in total. The molecule has 10 unspecified atom stereocenters. The Morgan fingerprint density at radius 1 is 0.750 bits per heavy atom. The highest BCUT2D eigenvalue weighted by Crippen LogP contribution is 2.44. The van der Waals surface area contributed by atoms with Gasteiger partial charge in [0.25, 0.3) is 0 Å². The quantitative estimate of drug-likeness (QED) is 0.191. The van der Waals surface area contributed by atoms with Crippen molar-refractivity contribution in [1.82, 2.24) is 0 Å². The Bertz CT molecular complexity index is 1060. The molecule has 2 fully saturated rings. The van der Waals surface area contributed by atoms with Gasteiger partial charge in [-0.25, -0.2) is 0 Å². The zero-order valence-corrected chi connectivity index (χ0v) is 19.2. The van der Waals surface area contributed by atoms with Crippen molar-refractivity contribution < 1.29 is 64.9 Å². The van der Waals surface area contributed by atoms with E-state index in [4.69, 9.17) is 18.9 Å². The van der Waals surface area contributed by atoms with Gasteiger partial charge < -0.3 is 64.9 Å². The van der Waals surface area contributed by atoms with Crippen LogP contribution >= 0.6 is 0 Å². The van der Waals surface area contributed by atoms with Crippen LogP contribution in [0.25, 0.3) is 10.8 Å². The summed E-state index contributed by atoms with van der Waals surface area (Å²) in [5, 5.41) is 91.2. The smallest absolute Gasteiger partial charge is 0.229 e. The van der Waals surface area contributed by atoms with Crippen molar-refractivity contribution in [1.29, 1.82) is 0 Å². The molecule has 2 aromatic rings. The molecule has 0 amide bonds. The van der Waals surface area contributed by atoms with Crippen LogP contribution in [-0.4, -0.2) is 121 Å². The molecular weight excluding hydrogens is 484 g/mol. The summed E-state index contributed by atoms with van der Waals surface area (Å²) in [5.74, 6) is -0.619. The summed E-state index contributed by atoms with van der Waals surface area (Å²) in [4.78, 5) is 0. The van der Waals surface area contributed by atoms with Crippen LogP contribution in [0.15, 0.2) is 24.3 Å². The minimum atomic E-state index is -1.71. The van der Waals surface area contributed by atoms with Gasteiger partial charge in [-0.3, -0.25) is 0 Å². The SMILES string of the molecule is Cc1cc2cccc(OC3OC(CO)C(O)C(O)C3O)c2c(O)c1OC1OC(CO)C(O)C(O)C1O. The maximum Gasteiger partial charge on any atom is 0.229 e. The molecule has 36 heavy (non-hydrogen) atoms. The molecule has 10 atom stereocenters. The number of ether oxygens (including phenoxy) is 4. The number of aliphatic hydroxyl groups excluding tert-OH is 8. The number of fused-ring (bicyclic) bond motifs is 1. The lowest BCUT2D eigenvalue weighted by atomic mass is 9.99. The Labute approximate surface area is 204 Å². The monoisotopic (exact) mass is 514 g/mol. The zero-order chi connectivity index (χ0) is 26.3. The number of rotatable bonds is 6. The molecule has 200 valence electrons. The minimum absolute atomic E-state index is 0.00650. The number of phenols is 1. The average Bonchev–Trinajstić information content (AvgIpc) is 2.86. The highest BCUT2D eigenvalue weighted by molar-refractivity contribution is 5.96. The predicted octanol–water partition coefficient (Wildman–Crippen LogP) is -2.79. The fourth-order valence-corrected chi connectivity index (χ4v) is 4.34. The van der Waals surface area contributed by atoms with E-state index in [1.165, 1.54) is 6.07 Å². The van der Waals surface area contributed by atoms with Crippen LogP contribution in [0.5, 0.6) is 17.2 Å². The van der Waals surface area contributed by atoms with Crippen molar-refractivity contribution in [2.45, 2.75) is 68.3 Å². The van der Waals surface area contributed by atoms with Crippen LogP contribution in [0.4, 0.5) is 0 Å². The van der Waals surface area contributed by atoms with Gasteiger partial charge in [-0.1, -0.05) is 12.1 Å². The van der Waals surface area contributed by atoms with Gasteiger partial charge in [0, 0.05) is 0 Å². The Hall–Kier alpha value is -2.30. The molecule has 2 aromatic carbocycles. The Morgan fingerprint density at radius 3 is 1.81 bits per heavy atom. The van der Waals surface area contributed by atoms with E-state index in [0.29, 0.717) is 10.9 Å². The first-order chi connectivity index (χ1) is 17.1. The van der Waals surface area contributed by atoms with Crippen molar-refractivity contribution in [2.24, 2.45) is 0 Å². The molecular formula is C23H30O13. The second-order valence-corrected chi connectivity index (χ2v) is 8.86. The third kappa shape index (κ3) is 4.70. The molecule has 0 saturated carbocycles. The molecule has 2 aliphatic heterocycles. The number of aliphatic hydroxyl groups is 8. The average molecular weight is 514 g/mol. The second kappa shape index (κ2) is 10.6. The number of aryl methyl sites for hydroxylation is 1. The lowest BCUT2D eigenvalue weighted by Gasteiger charge is -2.40. The van der Waals surface area contributed by atoms with E-state index in [1.54, 1.807) is 25.1 Å². The fraction of sp³-hybridized carbons (Fsp3) is 0.565. The third-order valence-electron chi connectivity index (χ3n) is 6.41. The summed E-state index contributed by atoms with van der Waals surface area (Å²) in [5.41, 5.74) is 0.405. The summed E-state index contributed by atoms with van der Waals surface area (Å²) in [6.45, 7) is 0.288. The summed E-state index contributed by atoms with van der Waals surface area (Å²) >= 11 is 0. The standard InChI is InChI=1S/C23H30O13/c1-8-5-9-3-2-4-10(33-22-19(31)17(29)14(26)11(6-24)34-22)13(9)16(28)21(8)36-23-20(32)18(30)15(27)12(7-25)35-23/h2-5,11-12,14-15,17-20,22-32H,6-7H2,1H3. The normalized spacial score (nSPS) is 37.1. The molecule has 0 radical (unpaired) electrons. The van der Waals surface area contributed by atoms with E-state index in [0.717, 1.165) is 0 Å². The molecule has 2 heterocycles. The van der Waals surface area contributed by atoms with Gasteiger partial charge in [0.1, 0.15) is 54.6 Å². The van der Waals surface area contributed by atoms with Crippen LogP contribution in [0.1, 0.15) is 5.56 Å². The molecule has 13 heteroatoms. The molecule has 0 bridgehead atoms. The highest BCUT2D eigenvalue weighted by atomic mass is 16.7. The van der Waals surface area contributed by atoms with Crippen LogP contribution in [0.3, 0.4) is 0 Å². The summed E-state index contributed by atoms with van der Waals surface area (Å²) in [7, 11) is 0. The highest BCUT2D eigenvalue weighted by Gasteiger charge is 2.46. The number of aromatic hydroxyl groups is 1. The summed E-state index contributed by atoms with van der Waals surface area (Å²) in [6.07, 6.45) is -15.4. The second-order valence-electron chi connectivity index (χ2n) is 8.86. The first-order valence-corrected chi connectivity index (χ1v) is 11.3. The fourth-order valence-electron chi connectivity index (χ4n) is 4.34. The van der Waals surface area contributed by atoms with E-state index in [-0.39, 0.29) is 16.9 Å². The lowest BCUT2D eigenvalue weighted by molar-refractivity contribution is -0.277. The Morgan fingerprint density at radius 2 is 1.28 bits per heavy atom. The lowest BCUT2D eigenvalue weighted by Crippen LogP contribution is -2.60. The van der Waals surface area contributed by atoms with Crippen molar-refractivity contribution in [3.63, 3.8) is 0 Å². The summed E-state index contributed by atoms with van der Waals surface area (Å²) < 4.78 is 22.2. The third-order valence-corrected chi connectivity index (χ3v) is 6.41. The van der Waals surface area contributed by atoms with Crippen LogP contribution in [0.2, 0.25) is 0 Å². The van der Waals surface area contributed by atoms with Crippen molar-refractivity contribution in [2.75, 3.05) is 13.2 Å². The zero-order valence-electron chi connectivity index (χ0n) is 19.2. The van der Waals surface area contributed by atoms with Crippen molar-refractivity contribution in [3.05, 3.63) is 29.8 Å². The van der Waals surface area contributed by atoms with E-state index >= 15 is 0 Å². The molecule has 0 aliphatic carbocycles. The number of hydrogen-bond acceptors (Lipinski definition) is 13. The van der Waals surface area contributed by atoms with E-state index < -0.39 is 80.4 Å². The van der Waals surface area contributed by atoms with Crippen molar-refractivity contribution in [3.8, 4) is 17.2 Å². The van der Waals surface area contributed by atoms with Crippen LogP contribution < -0.4 is 9.47 Å². The molecule has 2 saturated heterocycles. The number of phenolic OH excluding ortho intramolecular Hbond substituents is 1. The van der Waals surface area contributed by atoms with Crippen LogP contribution in [-0.2, 0) is 9.47 Å². The van der Waals surface area contributed by atoms with Gasteiger partial charge >= 0.3 is 0 Å². The van der Waals surface area contributed by atoms with E-state index in [1.807, 2.05) is 0 Å². The molecule has 4 rings (SSSR count). The molecule has 2 aliphatic rings. The predicted molar refractivity (Wildman–Crippen MR) is 119 cm³/mol. The van der Waals surface area contributed by atoms with E-state index in [9.17, 15) is 46.0 Å². The van der Waals surface area contributed by atoms with E-state index in [2.05, 4.69) is 0 Å². The summed E-state index contributed by atoms with van der Waals surface area (Å²) in [6, 6.07) is 6.31. The topological polar surface area (TPSA) is 219 Å². The molecule has 9 N–H and O–H groups in total. The minimum Gasteiger partial charge on any atom is -0.504 e.